The minimum absolute atomic E-state index is 0.154. The zero-order valence-corrected chi connectivity index (χ0v) is 26.4. The van der Waals surface area contributed by atoms with Crippen LogP contribution in [-0.2, 0) is 25.7 Å². The van der Waals surface area contributed by atoms with Crippen molar-refractivity contribution in [1.82, 2.24) is 9.89 Å². The van der Waals surface area contributed by atoms with E-state index in [9.17, 15) is 14.7 Å². The van der Waals surface area contributed by atoms with Gasteiger partial charge in [-0.2, -0.15) is 0 Å². The van der Waals surface area contributed by atoms with Crippen LogP contribution in [0.4, 0.5) is 5.69 Å². The van der Waals surface area contributed by atoms with E-state index in [1.807, 2.05) is 6.07 Å². The molecule has 0 saturated heterocycles. The Bertz CT molecular complexity index is 1900. The monoisotopic (exact) mass is 604 g/mol. The van der Waals surface area contributed by atoms with E-state index < -0.39 is 5.97 Å². The molecule has 0 radical (unpaired) electrons. The van der Waals surface area contributed by atoms with Crippen molar-refractivity contribution in [2.75, 3.05) is 37.6 Å². The average Bonchev–Trinajstić information content (AvgIpc) is 3.04. The van der Waals surface area contributed by atoms with Crippen molar-refractivity contribution < 1.29 is 19.4 Å². The molecular weight excluding hydrogens is 562 g/mol. The van der Waals surface area contributed by atoms with Gasteiger partial charge in [0.15, 0.2) is 0 Å². The van der Waals surface area contributed by atoms with Crippen LogP contribution < -0.4 is 30.1 Å². The molecule has 0 aromatic heterocycles. The van der Waals surface area contributed by atoms with E-state index in [0.29, 0.717) is 23.6 Å². The predicted octanol–water partition coefficient (Wildman–Crippen LogP) is 4.60. The molecule has 5 aliphatic heterocycles. The number of carboxylic acid groups (broad SMARTS) is 1. The number of amides is 1. The third kappa shape index (κ3) is 4.65. The Morgan fingerprint density at radius 3 is 2.47 bits per heavy atom. The summed E-state index contributed by atoms with van der Waals surface area (Å²) in [7, 11) is 0. The second-order valence-corrected chi connectivity index (χ2v) is 13.8. The molecule has 5 heterocycles. The Balaban J connectivity index is 1.40. The van der Waals surface area contributed by atoms with Gasteiger partial charge in [-0.15, -0.1) is 0 Å². The van der Waals surface area contributed by atoms with Crippen molar-refractivity contribution in [3.05, 3.63) is 85.4 Å². The van der Waals surface area contributed by atoms with E-state index in [-0.39, 0.29) is 11.5 Å². The van der Waals surface area contributed by atoms with Crippen molar-refractivity contribution in [2.24, 2.45) is 5.92 Å². The highest BCUT2D eigenvalue weighted by Gasteiger charge is 2.36. The maximum atomic E-state index is 13.1. The van der Waals surface area contributed by atoms with E-state index in [2.05, 4.69) is 40.8 Å². The summed E-state index contributed by atoms with van der Waals surface area (Å²) in [5.41, 5.74) is 9.66. The molecule has 0 unspecified atom stereocenters. The molecule has 5 aliphatic rings. The fourth-order valence-electron chi connectivity index (χ4n) is 8.46. The summed E-state index contributed by atoms with van der Waals surface area (Å²) < 4.78 is 9.64. The lowest BCUT2D eigenvalue weighted by Gasteiger charge is -2.39. The van der Waals surface area contributed by atoms with E-state index in [1.165, 1.54) is 33.3 Å². The molecule has 1 amide bonds. The van der Waals surface area contributed by atoms with E-state index in [1.54, 1.807) is 12.1 Å². The van der Waals surface area contributed by atoms with E-state index >= 15 is 0 Å². The van der Waals surface area contributed by atoms with Crippen LogP contribution in [0.25, 0.3) is 5.57 Å². The molecule has 7 nitrogen and oxygen atoms in total. The minimum Gasteiger partial charge on any atom is -0.478 e. The van der Waals surface area contributed by atoms with Crippen molar-refractivity contribution >= 4 is 23.1 Å². The number of rotatable bonds is 6. The van der Waals surface area contributed by atoms with Crippen LogP contribution >= 0.6 is 0 Å². The van der Waals surface area contributed by atoms with Gasteiger partial charge >= 0.3 is 5.97 Å². The van der Waals surface area contributed by atoms with Gasteiger partial charge in [0.2, 0.25) is 5.36 Å². The summed E-state index contributed by atoms with van der Waals surface area (Å²) in [6.07, 6.45) is 9.21. The highest BCUT2D eigenvalue weighted by Crippen LogP contribution is 2.48. The third-order valence-electron chi connectivity index (χ3n) is 10.5. The van der Waals surface area contributed by atoms with Crippen LogP contribution in [0.1, 0.15) is 100 Å². The topological polar surface area (TPSA) is 81.9 Å². The number of anilines is 1. The predicted molar refractivity (Wildman–Crippen MR) is 175 cm³/mol. The maximum Gasteiger partial charge on any atom is 0.336 e. The van der Waals surface area contributed by atoms with Crippen LogP contribution in [0.5, 0.6) is 11.5 Å². The first-order chi connectivity index (χ1) is 21.9. The van der Waals surface area contributed by atoms with Crippen molar-refractivity contribution in [3.8, 4) is 11.5 Å². The Kier molecular flexibility index (Phi) is 6.95. The Hall–Kier alpha value is -4.13. The zero-order valence-electron chi connectivity index (χ0n) is 26.4. The van der Waals surface area contributed by atoms with Gasteiger partial charge < -0.3 is 20.1 Å². The molecule has 232 valence electrons. The van der Waals surface area contributed by atoms with Crippen LogP contribution in [0.2, 0.25) is 0 Å². The first-order valence-corrected chi connectivity index (χ1v) is 17.0. The Morgan fingerprint density at radius 1 is 0.911 bits per heavy atom. The molecule has 0 saturated carbocycles. The molecule has 0 atom stereocenters. The number of hydrogen-bond acceptors (Lipinski definition) is 4. The molecule has 7 heteroatoms. The number of nitrogens with one attached hydrogen (secondary N) is 1. The number of nitrogens with zero attached hydrogens (tertiary/aromatic N) is 2. The second kappa shape index (κ2) is 11.0. The average molecular weight is 605 g/mol. The number of fused-ring (bicyclic) bond motifs is 4. The summed E-state index contributed by atoms with van der Waals surface area (Å²) in [6, 6.07) is 9.81. The zero-order chi connectivity index (χ0) is 30.8. The van der Waals surface area contributed by atoms with Gasteiger partial charge in [0.25, 0.3) is 5.91 Å². The lowest BCUT2D eigenvalue weighted by Crippen LogP contribution is -2.45. The molecule has 8 rings (SSSR count). The largest absolute Gasteiger partial charge is 0.478 e. The maximum absolute atomic E-state index is 13.1. The van der Waals surface area contributed by atoms with Gasteiger partial charge in [0, 0.05) is 71.2 Å². The second-order valence-electron chi connectivity index (χ2n) is 13.8. The lowest BCUT2D eigenvalue weighted by molar-refractivity contribution is 0.0696. The van der Waals surface area contributed by atoms with Crippen molar-refractivity contribution in [3.63, 3.8) is 0 Å². The molecular formula is C38H42N3O4+. The summed E-state index contributed by atoms with van der Waals surface area (Å²) in [5, 5.41) is 15.9. The van der Waals surface area contributed by atoms with Crippen molar-refractivity contribution in [1.29, 1.82) is 0 Å². The number of carbonyl (C=O) groups is 2. The number of ether oxygens (including phenoxy) is 1. The summed E-state index contributed by atoms with van der Waals surface area (Å²) in [5.74, 6) is 1.01. The van der Waals surface area contributed by atoms with Crippen LogP contribution in [0.3, 0.4) is 0 Å². The number of carbonyl (C=O) groups excluding carboxylic acids is 1. The Morgan fingerprint density at radius 2 is 1.67 bits per heavy atom. The normalized spacial score (nSPS) is 17.6. The molecule has 3 aromatic rings. The molecule has 0 fully saturated rings. The van der Waals surface area contributed by atoms with Gasteiger partial charge in [-0.3, -0.25) is 4.79 Å². The van der Waals surface area contributed by atoms with Gasteiger partial charge in [-0.05, 0) is 86.3 Å². The van der Waals surface area contributed by atoms with Gasteiger partial charge in [-0.25, -0.2) is 9.37 Å². The van der Waals surface area contributed by atoms with Gasteiger partial charge in [0.05, 0.1) is 11.1 Å². The molecule has 0 bridgehead atoms. The summed E-state index contributed by atoms with van der Waals surface area (Å²) >= 11 is 0. The quantitative estimate of drug-likeness (QED) is 0.315. The third-order valence-corrected chi connectivity index (χ3v) is 10.5. The number of benzene rings is 3. The number of aryl methyl sites for hydroxylation is 2. The summed E-state index contributed by atoms with van der Waals surface area (Å²) in [6.45, 7) is 9.10. The lowest BCUT2D eigenvalue weighted by atomic mass is 9.81. The van der Waals surface area contributed by atoms with E-state index in [4.69, 9.17) is 4.74 Å². The molecule has 2 N–H and O–H groups in total. The van der Waals surface area contributed by atoms with Crippen LogP contribution in [0.15, 0.2) is 30.3 Å². The van der Waals surface area contributed by atoms with Gasteiger partial charge in [-0.1, -0.05) is 19.9 Å². The van der Waals surface area contributed by atoms with Crippen LogP contribution in [0, 0.1) is 5.92 Å². The standard InChI is InChI=1S/C38H41N3O4/c1-22(2)13-14-39-37(42)25-11-12-26(29(21-25)38(43)44)32-30-19-23-7-3-15-40-17-5-9-27(33(23)40)35(30)45-36-28-10-6-18-41-16-4-8-24(34(28)41)20-31(32)36/h11-12,19-22H,3-10,13-18H2,1-2H3,(H-,39,42,43,44)/p+1. The number of hydrogen-bond donors (Lipinski definition) is 2. The highest BCUT2D eigenvalue weighted by molar-refractivity contribution is 6.03. The number of carboxylic acids is 1. The minimum atomic E-state index is -1.03. The van der Waals surface area contributed by atoms with Gasteiger partial charge in [0.1, 0.15) is 24.6 Å². The SMILES string of the molecule is CC(C)CCNC(=O)c1ccc(C2=c3cc4c5c(c3Oc3c2cc2c6c3CCCN6CCC2)CCC[N+]=5CCC4)c(C(=O)O)c1. The highest BCUT2D eigenvalue weighted by atomic mass is 16.5. The number of aromatic carboxylic acids is 1. The fourth-order valence-corrected chi connectivity index (χ4v) is 8.46. The molecule has 3 aromatic carbocycles. The molecule has 45 heavy (non-hydrogen) atoms. The molecule has 0 spiro atoms. The Labute approximate surface area is 264 Å². The fraction of sp³-hybridized carbons (Fsp3) is 0.447. The molecule has 0 aliphatic carbocycles. The first-order valence-electron chi connectivity index (χ1n) is 17.0. The van der Waals surface area contributed by atoms with E-state index in [0.717, 1.165) is 112 Å². The van der Waals surface area contributed by atoms with Crippen LogP contribution in [-0.4, -0.2) is 49.7 Å². The van der Waals surface area contributed by atoms with Crippen molar-refractivity contribution in [2.45, 2.75) is 71.6 Å². The summed E-state index contributed by atoms with van der Waals surface area (Å²) in [4.78, 5) is 28.6. The smallest absolute Gasteiger partial charge is 0.336 e. The first kappa shape index (κ1) is 28.4.